The Morgan fingerprint density at radius 1 is 0.805 bits per heavy atom. The molecule has 3 aromatic carbocycles. The topological polar surface area (TPSA) is 101 Å². The van der Waals surface area contributed by atoms with Gasteiger partial charge in [-0.25, -0.2) is 9.80 Å². The van der Waals surface area contributed by atoms with Gasteiger partial charge >= 0.3 is 5.97 Å². The van der Waals surface area contributed by atoms with E-state index in [9.17, 15) is 24.0 Å². The summed E-state index contributed by atoms with van der Waals surface area (Å²) in [6.45, 7) is -0.542. The summed E-state index contributed by atoms with van der Waals surface area (Å²) in [4.78, 5) is 66.5. The fourth-order valence-corrected chi connectivity index (χ4v) is 6.18. The highest BCUT2D eigenvalue weighted by Crippen LogP contribution is 2.52. The van der Waals surface area contributed by atoms with Crippen molar-refractivity contribution in [3.05, 3.63) is 111 Å². The molecule has 0 unspecified atom stereocenters. The van der Waals surface area contributed by atoms with Crippen LogP contribution < -0.4 is 4.74 Å². The zero-order valence-electron chi connectivity index (χ0n) is 21.4. The molecule has 1 heterocycles. The molecule has 4 atom stereocenters. The Balaban J connectivity index is 1.23. The van der Waals surface area contributed by atoms with Crippen molar-refractivity contribution in [1.29, 1.82) is 0 Å². The standard InChI is InChI=1S/C31H22BrClN2O6/c32-22-9-3-19(4-10-22)31(40)41-24-13-7-17(8-14-24)25(36)16-34(28(37)18-5-11-23(33)12-6-18)35-29(38)26-20-1-2-21(15-20)27(26)30(35)39/h1-14,20-21,26-27H,15-16H2/t20-,21-,26+,27+/m0/s1. The molecule has 2 bridgehead atoms. The maximum atomic E-state index is 13.6. The number of carbonyl (C=O) groups is 5. The molecule has 6 rings (SSSR count). The molecule has 0 spiro atoms. The van der Waals surface area contributed by atoms with Gasteiger partial charge in [0, 0.05) is 20.6 Å². The number of halogens is 2. The molecule has 41 heavy (non-hydrogen) atoms. The predicted molar refractivity (Wildman–Crippen MR) is 152 cm³/mol. The molecular formula is C31H22BrClN2O6. The Labute approximate surface area is 248 Å². The van der Waals surface area contributed by atoms with Crippen LogP contribution in [0.1, 0.15) is 37.5 Å². The third kappa shape index (κ3) is 5.00. The second-order valence-corrected chi connectivity index (χ2v) is 11.6. The lowest BCUT2D eigenvalue weighted by Gasteiger charge is -2.30. The van der Waals surface area contributed by atoms with Gasteiger partial charge in [-0.3, -0.25) is 19.2 Å². The van der Waals surface area contributed by atoms with Crippen LogP contribution >= 0.6 is 27.5 Å². The van der Waals surface area contributed by atoms with Crippen molar-refractivity contribution in [2.45, 2.75) is 6.42 Å². The summed E-state index contributed by atoms with van der Waals surface area (Å²) >= 11 is 9.30. The normalized spacial score (nSPS) is 22.1. The first kappa shape index (κ1) is 27.1. The van der Waals surface area contributed by atoms with Gasteiger partial charge in [0.25, 0.3) is 17.7 Å². The van der Waals surface area contributed by atoms with Gasteiger partial charge in [0.1, 0.15) is 12.3 Å². The molecule has 1 saturated carbocycles. The van der Waals surface area contributed by atoms with Crippen molar-refractivity contribution in [1.82, 2.24) is 10.0 Å². The van der Waals surface area contributed by atoms with Crippen molar-refractivity contribution in [2.24, 2.45) is 23.7 Å². The van der Waals surface area contributed by atoms with Crippen molar-refractivity contribution in [2.75, 3.05) is 6.54 Å². The summed E-state index contributed by atoms with van der Waals surface area (Å²) in [5.41, 5.74) is 0.748. The Kier molecular flexibility index (Phi) is 7.09. The van der Waals surface area contributed by atoms with Crippen molar-refractivity contribution in [3.63, 3.8) is 0 Å². The number of ether oxygens (including phenoxy) is 1. The minimum Gasteiger partial charge on any atom is -0.423 e. The van der Waals surface area contributed by atoms with E-state index in [0.29, 0.717) is 10.6 Å². The number of allylic oxidation sites excluding steroid dienone is 2. The number of benzene rings is 3. The molecule has 2 aliphatic carbocycles. The lowest BCUT2D eigenvalue weighted by molar-refractivity contribution is -0.154. The molecule has 0 N–H and O–H groups in total. The average Bonchev–Trinajstić information content (AvgIpc) is 3.66. The maximum Gasteiger partial charge on any atom is 0.343 e. The zero-order chi connectivity index (χ0) is 28.8. The minimum absolute atomic E-state index is 0.0534. The van der Waals surface area contributed by atoms with Crippen LogP contribution in [0.4, 0.5) is 0 Å². The summed E-state index contributed by atoms with van der Waals surface area (Å²) < 4.78 is 6.22. The first-order chi connectivity index (χ1) is 19.7. The van der Waals surface area contributed by atoms with Crippen LogP contribution in [0, 0.1) is 23.7 Å². The molecule has 0 radical (unpaired) electrons. The number of fused-ring (bicyclic) bond motifs is 5. The van der Waals surface area contributed by atoms with Gasteiger partial charge < -0.3 is 4.74 Å². The quantitative estimate of drug-likeness (QED) is 0.114. The maximum absolute atomic E-state index is 13.6. The Morgan fingerprint density at radius 3 is 1.93 bits per heavy atom. The number of hydrazine groups is 1. The molecule has 3 aliphatic rings. The molecule has 206 valence electrons. The first-order valence-corrected chi connectivity index (χ1v) is 14.1. The molecule has 1 saturated heterocycles. The van der Waals surface area contributed by atoms with Crippen LogP contribution in [0.15, 0.2) is 89.4 Å². The fraction of sp³-hybridized carbons (Fsp3) is 0.194. The molecule has 8 nitrogen and oxygen atoms in total. The molecule has 2 fully saturated rings. The van der Waals surface area contributed by atoms with E-state index in [1.807, 2.05) is 12.2 Å². The number of esters is 1. The van der Waals surface area contributed by atoms with Crippen LogP contribution in [-0.4, -0.2) is 46.0 Å². The van der Waals surface area contributed by atoms with Crippen LogP contribution in [-0.2, 0) is 9.59 Å². The lowest BCUT2D eigenvalue weighted by atomic mass is 9.85. The molecule has 3 aromatic rings. The average molecular weight is 634 g/mol. The third-order valence-electron chi connectivity index (χ3n) is 7.77. The second kappa shape index (κ2) is 10.7. The highest BCUT2D eigenvalue weighted by molar-refractivity contribution is 9.10. The smallest absolute Gasteiger partial charge is 0.343 e. The molecule has 1 aliphatic heterocycles. The number of hydrogen-bond acceptors (Lipinski definition) is 6. The van der Waals surface area contributed by atoms with Gasteiger partial charge in [-0.1, -0.05) is 39.7 Å². The van der Waals surface area contributed by atoms with E-state index in [1.54, 1.807) is 24.3 Å². The van der Waals surface area contributed by atoms with Gasteiger partial charge in [-0.2, -0.15) is 5.01 Å². The number of nitrogens with zero attached hydrogens (tertiary/aromatic N) is 2. The highest BCUT2D eigenvalue weighted by atomic mass is 79.9. The summed E-state index contributed by atoms with van der Waals surface area (Å²) in [5.74, 6) is -3.62. The molecular weight excluding hydrogens is 612 g/mol. The van der Waals surface area contributed by atoms with Crippen molar-refractivity contribution < 1.29 is 28.7 Å². The summed E-state index contributed by atoms with van der Waals surface area (Å²) in [6, 6.07) is 18.5. The number of rotatable bonds is 7. The highest BCUT2D eigenvalue weighted by Gasteiger charge is 2.61. The molecule has 10 heteroatoms. The van der Waals surface area contributed by atoms with Crippen molar-refractivity contribution >= 4 is 57.0 Å². The minimum atomic E-state index is -0.669. The lowest BCUT2D eigenvalue weighted by Crippen LogP contribution is -2.52. The van der Waals surface area contributed by atoms with E-state index in [2.05, 4.69) is 15.9 Å². The van der Waals surface area contributed by atoms with E-state index >= 15 is 0 Å². The summed E-state index contributed by atoms with van der Waals surface area (Å²) in [5, 5.41) is 2.22. The van der Waals surface area contributed by atoms with Gasteiger partial charge in [0.2, 0.25) is 0 Å². The fourth-order valence-electron chi connectivity index (χ4n) is 5.79. The zero-order valence-corrected chi connectivity index (χ0v) is 23.7. The Morgan fingerprint density at radius 2 is 1.34 bits per heavy atom. The van der Waals surface area contributed by atoms with E-state index in [-0.39, 0.29) is 28.7 Å². The van der Waals surface area contributed by atoms with E-state index < -0.39 is 47.9 Å². The number of Topliss-reactive ketones (excluding diaryl/α,β-unsaturated/α-hetero) is 1. The monoisotopic (exact) mass is 632 g/mol. The summed E-state index contributed by atoms with van der Waals surface area (Å²) in [7, 11) is 0. The van der Waals surface area contributed by atoms with Crippen LogP contribution in [0.5, 0.6) is 5.75 Å². The number of carbonyl (C=O) groups excluding carboxylic acids is 5. The number of imide groups is 1. The van der Waals surface area contributed by atoms with Crippen LogP contribution in [0.2, 0.25) is 5.02 Å². The van der Waals surface area contributed by atoms with Gasteiger partial charge in [0.05, 0.1) is 17.4 Å². The van der Waals surface area contributed by atoms with E-state index in [4.69, 9.17) is 16.3 Å². The second-order valence-electron chi connectivity index (χ2n) is 10.2. The first-order valence-electron chi connectivity index (χ1n) is 13.0. The number of hydrogen-bond donors (Lipinski definition) is 0. The van der Waals surface area contributed by atoms with Crippen LogP contribution in [0.3, 0.4) is 0 Å². The van der Waals surface area contributed by atoms with Gasteiger partial charge in [-0.05, 0) is 91.1 Å². The predicted octanol–water partition coefficient (Wildman–Crippen LogP) is 5.37. The van der Waals surface area contributed by atoms with E-state index in [1.165, 1.54) is 48.5 Å². The molecule has 0 aromatic heterocycles. The molecule has 3 amide bonds. The van der Waals surface area contributed by atoms with Gasteiger partial charge in [-0.15, -0.1) is 0 Å². The van der Waals surface area contributed by atoms with Gasteiger partial charge in [0.15, 0.2) is 5.78 Å². The number of ketones is 1. The Hall–Kier alpha value is -4.08. The SMILES string of the molecule is O=C(CN(C(=O)c1ccc(Cl)cc1)N1C(=O)[C@H]2[C@H](C1=O)[C@H]1C=C[C@H]2C1)c1ccc(OC(=O)c2ccc(Br)cc2)cc1. The van der Waals surface area contributed by atoms with Crippen molar-refractivity contribution in [3.8, 4) is 5.75 Å². The summed E-state index contributed by atoms with van der Waals surface area (Å²) in [6.07, 6.45) is 4.66. The Bertz CT molecular complexity index is 1570. The number of amides is 3. The third-order valence-corrected chi connectivity index (χ3v) is 8.55. The van der Waals surface area contributed by atoms with Crippen LogP contribution in [0.25, 0.3) is 0 Å². The van der Waals surface area contributed by atoms with E-state index in [0.717, 1.165) is 20.9 Å². The largest absolute Gasteiger partial charge is 0.423 e.